The zero-order valence-electron chi connectivity index (χ0n) is 11.3. The van der Waals surface area contributed by atoms with Gasteiger partial charge in [0, 0.05) is 5.02 Å². The molecule has 0 saturated heterocycles. The molecule has 1 aliphatic carbocycles. The van der Waals surface area contributed by atoms with E-state index < -0.39 is 0 Å². The van der Waals surface area contributed by atoms with Gasteiger partial charge in [-0.25, -0.2) is 0 Å². The molecule has 0 fully saturated rings. The van der Waals surface area contributed by atoms with Crippen LogP contribution in [0.5, 0.6) is 0 Å². The second kappa shape index (κ2) is 6.40. The van der Waals surface area contributed by atoms with Crippen LogP contribution in [-0.4, -0.2) is 7.05 Å². The van der Waals surface area contributed by atoms with Crippen LogP contribution in [-0.2, 0) is 0 Å². The summed E-state index contributed by atoms with van der Waals surface area (Å²) >= 11 is 6.14. The van der Waals surface area contributed by atoms with Crippen molar-refractivity contribution in [3.63, 3.8) is 0 Å². The predicted molar refractivity (Wildman–Crippen MR) is 79.2 cm³/mol. The smallest absolute Gasteiger partial charge is 0.0536 e. The molecule has 1 nitrogen and oxygen atoms in total. The molecule has 0 aromatic heterocycles. The summed E-state index contributed by atoms with van der Waals surface area (Å²) in [6.07, 6.45) is 8.84. The standard InChI is InChI=1S/C16H22ClN/c1-12-9-10-14(17)11-15(12)16(18-2)13-7-5-3-4-6-8-13/h7,9-11,16,18H,3-6,8H2,1-2H3. The molecular formula is C16H22ClN. The fraction of sp³-hybridized carbons (Fsp3) is 0.500. The summed E-state index contributed by atoms with van der Waals surface area (Å²) in [5, 5.41) is 4.28. The lowest BCUT2D eigenvalue weighted by Crippen LogP contribution is -2.19. The molecule has 0 saturated carbocycles. The molecule has 2 rings (SSSR count). The van der Waals surface area contributed by atoms with Crippen LogP contribution in [0.1, 0.15) is 49.3 Å². The minimum Gasteiger partial charge on any atom is -0.310 e. The van der Waals surface area contributed by atoms with Gasteiger partial charge < -0.3 is 5.32 Å². The Hall–Kier alpha value is -0.790. The lowest BCUT2D eigenvalue weighted by Gasteiger charge is -2.22. The molecule has 0 amide bonds. The van der Waals surface area contributed by atoms with Crippen molar-refractivity contribution in [3.8, 4) is 0 Å². The van der Waals surface area contributed by atoms with E-state index in [2.05, 4.69) is 30.4 Å². The van der Waals surface area contributed by atoms with Crippen molar-refractivity contribution >= 4 is 11.6 Å². The number of hydrogen-bond donors (Lipinski definition) is 1. The average molecular weight is 264 g/mol. The first-order valence-electron chi connectivity index (χ1n) is 6.84. The number of halogens is 1. The van der Waals surface area contributed by atoms with Crippen molar-refractivity contribution in [1.82, 2.24) is 5.32 Å². The lowest BCUT2D eigenvalue weighted by molar-refractivity contribution is 0.626. The van der Waals surface area contributed by atoms with Crippen LogP contribution in [0.15, 0.2) is 29.8 Å². The Balaban J connectivity index is 2.32. The zero-order valence-corrected chi connectivity index (χ0v) is 12.1. The summed E-state index contributed by atoms with van der Waals surface area (Å²) in [5.41, 5.74) is 4.16. The maximum atomic E-state index is 6.14. The average Bonchev–Trinajstić information content (AvgIpc) is 2.64. The number of hydrogen-bond acceptors (Lipinski definition) is 1. The molecule has 0 spiro atoms. The Morgan fingerprint density at radius 3 is 2.83 bits per heavy atom. The number of aryl methyl sites for hydroxylation is 1. The van der Waals surface area contributed by atoms with E-state index in [-0.39, 0.29) is 0 Å². The highest BCUT2D eigenvalue weighted by atomic mass is 35.5. The van der Waals surface area contributed by atoms with Gasteiger partial charge in [-0.2, -0.15) is 0 Å². The first-order chi connectivity index (χ1) is 8.72. The summed E-state index contributed by atoms with van der Waals surface area (Å²) in [7, 11) is 2.04. The van der Waals surface area contributed by atoms with E-state index in [1.165, 1.54) is 48.8 Å². The Morgan fingerprint density at radius 1 is 1.22 bits per heavy atom. The first-order valence-corrected chi connectivity index (χ1v) is 7.22. The molecule has 0 radical (unpaired) electrons. The van der Waals surface area contributed by atoms with Gasteiger partial charge in [0.25, 0.3) is 0 Å². The molecule has 1 N–H and O–H groups in total. The normalized spacial score (nSPS) is 18.1. The molecule has 0 heterocycles. The van der Waals surface area contributed by atoms with Crippen molar-refractivity contribution in [3.05, 3.63) is 46.0 Å². The molecule has 18 heavy (non-hydrogen) atoms. The summed E-state index contributed by atoms with van der Waals surface area (Å²) in [6.45, 7) is 2.16. The Bertz CT molecular complexity index is 437. The third-order valence-electron chi connectivity index (χ3n) is 3.79. The van der Waals surface area contributed by atoms with E-state index in [0.29, 0.717) is 6.04 Å². The van der Waals surface area contributed by atoms with Crippen LogP contribution in [0.25, 0.3) is 0 Å². The molecule has 1 unspecified atom stereocenters. The van der Waals surface area contributed by atoms with E-state index in [1.54, 1.807) is 0 Å². The second-order valence-electron chi connectivity index (χ2n) is 5.10. The van der Waals surface area contributed by atoms with Crippen LogP contribution in [0.3, 0.4) is 0 Å². The fourth-order valence-electron chi connectivity index (χ4n) is 2.76. The molecule has 0 aliphatic heterocycles. The van der Waals surface area contributed by atoms with Crippen molar-refractivity contribution in [2.24, 2.45) is 0 Å². The van der Waals surface area contributed by atoms with E-state index in [4.69, 9.17) is 11.6 Å². The van der Waals surface area contributed by atoms with E-state index >= 15 is 0 Å². The molecule has 1 aromatic rings. The predicted octanol–water partition coefficient (Wildman–Crippen LogP) is 4.80. The summed E-state index contributed by atoms with van der Waals surface area (Å²) < 4.78 is 0. The second-order valence-corrected chi connectivity index (χ2v) is 5.54. The largest absolute Gasteiger partial charge is 0.310 e. The first kappa shape index (κ1) is 13.6. The number of nitrogens with one attached hydrogen (secondary N) is 1. The minimum absolute atomic E-state index is 0.321. The minimum atomic E-state index is 0.321. The van der Waals surface area contributed by atoms with Gasteiger partial charge >= 0.3 is 0 Å². The van der Waals surface area contributed by atoms with Gasteiger partial charge in [-0.15, -0.1) is 0 Å². The van der Waals surface area contributed by atoms with Crippen LogP contribution in [0.4, 0.5) is 0 Å². The fourth-order valence-corrected chi connectivity index (χ4v) is 2.95. The van der Waals surface area contributed by atoms with E-state index in [0.717, 1.165) is 5.02 Å². The van der Waals surface area contributed by atoms with Gasteiger partial charge in [-0.05, 0) is 62.9 Å². The Kier molecular flexibility index (Phi) is 4.85. The molecular weight excluding hydrogens is 242 g/mol. The highest BCUT2D eigenvalue weighted by molar-refractivity contribution is 6.30. The van der Waals surface area contributed by atoms with E-state index in [9.17, 15) is 0 Å². The van der Waals surface area contributed by atoms with Crippen molar-refractivity contribution in [2.45, 2.75) is 45.1 Å². The number of likely N-dealkylation sites (N-methyl/N-ethyl adjacent to an activating group) is 1. The monoisotopic (exact) mass is 263 g/mol. The molecule has 2 heteroatoms. The maximum absolute atomic E-state index is 6.14. The van der Waals surface area contributed by atoms with Gasteiger partial charge in [0.2, 0.25) is 0 Å². The third-order valence-corrected chi connectivity index (χ3v) is 4.02. The van der Waals surface area contributed by atoms with Crippen molar-refractivity contribution < 1.29 is 0 Å². The van der Waals surface area contributed by atoms with Gasteiger partial charge in [-0.1, -0.05) is 35.7 Å². The number of rotatable bonds is 3. The third kappa shape index (κ3) is 3.15. The summed E-state index contributed by atoms with van der Waals surface area (Å²) in [5.74, 6) is 0. The van der Waals surface area contributed by atoms with Crippen LogP contribution < -0.4 is 5.32 Å². The van der Waals surface area contributed by atoms with Gasteiger partial charge in [0.15, 0.2) is 0 Å². The maximum Gasteiger partial charge on any atom is 0.0536 e. The SMILES string of the molecule is CNC(C1=CCCCCC1)c1cc(Cl)ccc1C. The topological polar surface area (TPSA) is 12.0 Å². The molecule has 1 atom stereocenters. The highest BCUT2D eigenvalue weighted by Crippen LogP contribution is 2.31. The van der Waals surface area contributed by atoms with Crippen molar-refractivity contribution in [1.29, 1.82) is 0 Å². The Labute approximate surface area is 115 Å². The molecule has 0 bridgehead atoms. The summed E-state index contributed by atoms with van der Waals surface area (Å²) in [6, 6.07) is 6.50. The quantitative estimate of drug-likeness (QED) is 0.773. The van der Waals surface area contributed by atoms with Crippen LogP contribution in [0.2, 0.25) is 5.02 Å². The highest BCUT2D eigenvalue weighted by Gasteiger charge is 2.17. The van der Waals surface area contributed by atoms with Gasteiger partial charge in [-0.3, -0.25) is 0 Å². The molecule has 98 valence electrons. The van der Waals surface area contributed by atoms with Gasteiger partial charge in [0.05, 0.1) is 6.04 Å². The van der Waals surface area contributed by atoms with Gasteiger partial charge in [0.1, 0.15) is 0 Å². The number of allylic oxidation sites excluding steroid dienone is 1. The summed E-state index contributed by atoms with van der Waals surface area (Å²) in [4.78, 5) is 0. The van der Waals surface area contributed by atoms with Crippen molar-refractivity contribution in [2.75, 3.05) is 7.05 Å². The number of benzene rings is 1. The lowest BCUT2D eigenvalue weighted by atomic mass is 9.92. The Morgan fingerprint density at radius 2 is 2.06 bits per heavy atom. The van der Waals surface area contributed by atoms with Crippen LogP contribution >= 0.6 is 11.6 Å². The molecule has 1 aliphatic rings. The van der Waals surface area contributed by atoms with E-state index in [1.807, 2.05) is 13.1 Å². The van der Waals surface area contributed by atoms with Crippen LogP contribution in [0, 0.1) is 6.92 Å². The zero-order chi connectivity index (χ0) is 13.0. The molecule has 1 aromatic carbocycles.